The van der Waals surface area contributed by atoms with E-state index in [2.05, 4.69) is 15.2 Å². The number of anilines is 1. The van der Waals surface area contributed by atoms with Gasteiger partial charge < -0.3 is 9.80 Å². The van der Waals surface area contributed by atoms with Gasteiger partial charge in [0.05, 0.1) is 25.0 Å². The third-order valence-electron chi connectivity index (χ3n) is 5.44. The second kappa shape index (κ2) is 9.61. The Labute approximate surface area is 208 Å². The number of nitrogens with zero attached hydrogens (tertiary/aromatic N) is 7. The molecule has 0 atom stereocenters. The van der Waals surface area contributed by atoms with Crippen LogP contribution in [0, 0.1) is 0 Å². The lowest BCUT2D eigenvalue weighted by Crippen LogP contribution is -2.35. The second-order valence-electron chi connectivity index (χ2n) is 8.28. The topological polar surface area (TPSA) is 88.6 Å². The average Bonchev–Trinajstić information content (AvgIpc) is 3.13. The number of likely N-dealkylation sites (N-methyl/N-ethyl adjacent to an activating group) is 2. The maximum absolute atomic E-state index is 13.0. The molecule has 0 spiro atoms. The van der Waals surface area contributed by atoms with E-state index in [1.54, 1.807) is 50.3 Å². The highest BCUT2D eigenvalue weighted by atomic mass is 35.5. The number of alkyl halides is 3. The molecule has 188 valence electrons. The molecule has 0 fully saturated rings. The van der Waals surface area contributed by atoms with E-state index in [4.69, 9.17) is 11.6 Å². The van der Waals surface area contributed by atoms with Crippen molar-refractivity contribution in [2.75, 3.05) is 32.6 Å². The van der Waals surface area contributed by atoms with E-state index in [1.807, 2.05) is 0 Å². The molecule has 0 radical (unpaired) electrons. The van der Waals surface area contributed by atoms with Crippen LogP contribution in [0.25, 0.3) is 16.8 Å². The predicted octanol–water partition coefficient (Wildman–Crippen LogP) is 3.20. The maximum atomic E-state index is 13.0. The largest absolute Gasteiger partial charge is 0.433 e. The number of rotatable bonds is 6. The Hall–Kier alpha value is -3.93. The fourth-order valence-corrected chi connectivity index (χ4v) is 3.68. The molecule has 0 saturated heterocycles. The molecule has 0 unspecified atom stereocenters. The molecule has 1 amide bonds. The van der Waals surface area contributed by atoms with Gasteiger partial charge in [-0.1, -0.05) is 29.8 Å². The molecule has 36 heavy (non-hydrogen) atoms. The number of hydrogen-bond acceptors (Lipinski definition) is 6. The number of carbonyl (C=O) groups is 1. The van der Waals surface area contributed by atoms with Gasteiger partial charge in [0.2, 0.25) is 11.6 Å². The number of pyridine rings is 1. The van der Waals surface area contributed by atoms with Crippen molar-refractivity contribution in [3.63, 3.8) is 0 Å². The van der Waals surface area contributed by atoms with Gasteiger partial charge in [-0.25, -0.2) is 9.48 Å². The first-order valence-electron chi connectivity index (χ1n) is 10.6. The molecular weight excluding hydrogens is 499 g/mol. The number of fused-ring (bicyclic) bond motifs is 1. The van der Waals surface area contributed by atoms with Crippen LogP contribution in [-0.4, -0.2) is 62.9 Å². The quantitative estimate of drug-likeness (QED) is 0.389. The molecule has 4 aromatic rings. The first-order chi connectivity index (χ1) is 17.0. The van der Waals surface area contributed by atoms with Gasteiger partial charge in [0.1, 0.15) is 5.69 Å². The summed E-state index contributed by atoms with van der Waals surface area (Å²) in [5, 5.41) is 9.20. The third kappa shape index (κ3) is 5.03. The van der Waals surface area contributed by atoms with E-state index in [1.165, 1.54) is 17.2 Å². The molecule has 9 nitrogen and oxygen atoms in total. The number of carbonyl (C=O) groups excluding carboxylic acids is 1. The third-order valence-corrected chi connectivity index (χ3v) is 5.69. The fourth-order valence-electron chi connectivity index (χ4n) is 3.55. The zero-order valence-corrected chi connectivity index (χ0v) is 20.2. The molecule has 0 bridgehead atoms. The Morgan fingerprint density at radius 2 is 1.75 bits per heavy atom. The van der Waals surface area contributed by atoms with Gasteiger partial charge in [-0.15, -0.1) is 5.10 Å². The SMILES string of the molecule is CN(C)C(=O)CN(C)c1c(-c2ccc(Cl)cc2)cnn2c(=O)n(Cc3ccc(C(F)(F)F)nc3)nc12. The van der Waals surface area contributed by atoms with Crippen molar-refractivity contribution in [1.82, 2.24) is 29.3 Å². The molecule has 0 N–H and O–H groups in total. The standard InChI is InChI=1S/C23H21ClF3N7O2/c1-31(2)19(35)13-32(3)20-17(15-5-7-16(24)8-6-15)11-29-34-21(20)30-33(22(34)36)12-14-4-9-18(28-10-14)23(25,26)27/h4-11H,12-13H2,1-3H3. The summed E-state index contributed by atoms with van der Waals surface area (Å²) in [6, 6.07) is 9.06. The van der Waals surface area contributed by atoms with Crippen molar-refractivity contribution in [3.05, 3.63) is 75.6 Å². The summed E-state index contributed by atoms with van der Waals surface area (Å²) in [5.74, 6) is -0.174. The predicted molar refractivity (Wildman–Crippen MR) is 128 cm³/mol. The number of hydrogen-bond donors (Lipinski definition) is 0. The van der Waals surface area contributed by atoms with E-state index in [0.29, 0.717) is 21.8 Å². The van der Waals surface area contributed by atoms with Gasteiger partial charge in [0.25, 0.3) is 0 Å². The Kier molecular flexibility index (Phi) is 6.72. The summed E-state index contributed by atoms with van der Waals surface area (Å²) in [6.07, 6.45) is -2.02. The molecule has 0 aliphatic rings. The molecule has 4 rings (SSSR count). The highest BCUT2D eigenvalue weighted by Crippen LogP contribution is 2.33. The smallest absolute Gasteiger partial charge is 0.362 e. The van der Waals surface area contributed by atoms with Gasteiger partial charge >= 0.3 is 11.9 Å². The van der Waals surface area contributed by atoms with E-state index in [9.17, 15) is 22.8 Å². The van der Waals surface area contributed by atoms with Gasteiger partial charge in [0.15, 0.2) is 0 Å². The second-order valence-corrected chi connectivity index (χ2v) is 8.72. The molecular formula is C23H21ClF3N7O2. The highest BCUT2D eigenvalue weighted by molar-refractivity contribution is 6.30. The zero-order chi connectivity index (χ0) is 26.2. The van der Waals surface area contributed by atoms with Gasteiger partial charge in [-0.05, 0) is 29.3 Å². The van der Waals surface area contributed by atoms with Crippen LogP contribution in [-0.2, 0) is 17.5 Å². The van der Waals surface area contributed by atoms with E-state index < -0.39 is 17.6 Å². The van der Waals surface area contributed by atoms with E-state index in [0.717, 1.165) is 27.0 Å². The van der Waals surface area contributed by atoms with Crippen molar-refractivity contribution in [2.24, 2.45) is 0 Å². The lowest BCUT2D eigenvalue weighted by atomic mass is 10.1. The minimum atomic E-state index is -4.57. The van der Waals surface area contributed by atoms with Crippen LogP contribution in [0.15, 0.2) is 53.6 Å². The van der Waals surface area contributed by atoms with Crippen molar-refractivity contribution < 1.29 is 18.0 Å². The lowest BCUT2D eigenvalue weighted by Gasteiger charge is -2.23. The molecule has 0 aliphatic heterocycles. The lowest BCUT2D eigenvalue weighted by molar-refractivity contribution is -0.141. The van der Waals surface area contributed by atoms with Crippen molar-refractivity contribution >= 4 is 28.8 Å². The molecule has 0 saturated carbocycles. The van der Waals surface area contributed by atoms with E-state index in [-0.39, 0.29) is 24.6 Å². The van der Waals surface area contributed by atoms with Gasteiger partial charge in [0, 0.05) is 37.9 Å². The van der Waals surface area contributed by atoms with Crippen LogP contribution in [0.2, 0.25) is 5.02 Å². The minimum absolute atomic E-state index is 0.00284. The van der Waals surface area contributed by atoms with Gasteiger partial charge in [-0.2, -0.15) is 22.8 Å². The van der Waals surface area contributed by atoms with Crippen LogP contribution in [0.4, 0.5) is 18.9 Å². The molecule has 3 heterocycles. The van der Waals surface area contributed by atoms with Crippen LogP contribution in [0.1, 0.15) is 11.3 Å². The zero-order valence-electron chi connectivity index (χ0n) is 19.5. The maximum Gasteiger partial charge on any atom is 0.433 e. The Morgan fingerprint density at radius 1 is 1.06 bits per heavy atom. The minimum Gasteiger partial charge on any atom is -0.362 e. The summed E-state index contributed by atoms with van der Waals surface area (Å²) in [5.41, 5.74) is 0.733. The Balaban J connectivity index is 1.81. The molecule has 0 aliphatic carbocycles. The van der Waals surface area contributed by atoms with Crippen LogP contribution in [0.3, 0.4) is 0 Å². The van der Waals surface area contributed by atoms with Crippen LogP contribution >= 0.6 is 11.6 Å². The monoisotopic (exact) mass is 519 g/mol. The van der Waals surface area contributed by atoms with Gasteiger partial charge in [-0.3, -0.25) is 9.78 Å². The number of benzene rings is 1. The first-order valence-corrected chi connectivity index (χ1v) is 11.0. The van der Waals surface area contributed by atoms with E-state index >= 15 is 0 Å². The normalized spacial score (nSPS) is 11.6. The van der Waals surface area contributed by atoms with Crippen LogP contribution in [0.5, 0.6) is 0 Å². The van der Waals surface area contributed by atoms with Crippen LogP contribution < -0.4 is 10.6 Å². The van der Waals surface area contributed by atoms with Crippen molar-refractivity contribution in [2.45, 2.75) is 12.7 Å². The summed E-state index contributed by atoms with van der Waals surface area (Å²) in [7, 11) is 4.96. The molecule has 3 aromatic heterocycles. The highest BCUT2D eigenvalue weighted by Gasteiger charge is 2.32. The number of amides is 1. The summed E-state index contributed by atoms with van der Waals surface area (Å²) < 4.78 is 40.7. The first kappa shape index (κ1) is 25.2. The summed E-state index contributed by atoms with van der Waals surface area (Å²) >= 11 is 6.03. The van der Waals surface area contributed by atoms with Crippen molar-refractivity contribution in [1.29, 1.82) is 0 Å². The summed E-state index contributed by atoms with van der Waals surface area (Å²) in [4.78, 5) is 32.0. The number of halogens is 4. The Morgan fingerprint density at radius 3 is 2.33 bits per heavy atom. The average molecular weight is 520 g/mol. The fraction of sp³-hybridized carbons (Fsp3) is 0.261. The molecule has 13 heteroatoms. The molecule has 1 aromatic carbocycles. The summed E-state index contributed by atoms with van der Waals surface area (Å²) in [6.45, 7) is -0.124. The van der Waals surface area contributed by atoms with Crippen molar-refractivity contribution in [3.8, 4) is 11.1 Å². The Bertz CT molecular complexity index is 1460. The number of aromatic nitrogens is 5.